The van der Waals surface area contributed by atoms with Crippen molar-refractivity contribution < 1.29 is 22.7 Å². The van der Waals surface area contributed by atoms with Crippen LogP contribution in [0.15, 0.2) is 83.8 Å². The molecule has 0 fully saturated rings. The molecule has 0 bridgehead atoms. The van der Waals surface area contributed by atoms with Crippen LogP contribution in [0.5, 0.6) is 5.75 Å². The fraction of sp³-hybridized carbons (Fsp3) is 0.333. The highest BCUT2D eigenvalue weighted by molar-refractivity contribution is 7.92. The molecule has 39 heavy (non-hydrogen) atoms. The number of rotatable bonds is 13. The molecule has 0 aliphatic carbocycles. The third kappa shape index (κ3) is 7.83. The van der Waals surface area contributed by atoms with Gasteiger partial charge in [0, 0.05) is 13.1 Å². The lowest BCUT2D eigenvalue weighted by molar-refractivity contribution is -0.139. The minimum atomic E-state index is -4.11. The highest BCUT2D eigenvalue weighted by atomic mass is 32.2. The Kier molecular flexibility index (Phi) is 10.5. The Balaban J connectivity index is 1.98. The van der Waals surface area contributed by atoms with Gasteiger partial charge in [-0.2, -0.15) is 0 Å². The van der Waals surface area contributed by atoms with Crippen LogP contribution in [0.3, 0.4) is 0 Å². The van der Waals surface area contributed by atoms with Crippen LogP contribution in [-0.4, -0.2) is 51.4 Å². The van der Waals surface area contributed by atoms with Crippen LogP contribution < -0.4 is 14.4 Å². The average molecular weight is 552 g/mol. The third-order valence-electron chi connectivity index (χ3n) is 6.44. The van der Waals surface area contributed by atoms with Crippen LogP contribution >= 0.6 is 0 Å². The standard InChI is InChI=1S/C30H37N3O5S/c1-5-6-20-31-30(35)24(3)32(21-25-10-8-7-9-11-25)29(34)22-33(26-14-16-27(38-4)17-15-26)39(36,37)28-18-12-23(2)13-19-28/h7-19,24H,5-6,20-22H2,1-4H3,(H,31,35). The van der Waals surface area contributed by atoms with Crippen molar-refractivity contribution in [2.75, 3.05) is 24.5 Å². The molecule has 9 heteroatoms. The number of aryl methyl sites for hydroxylation is 1. The largest absolute Gasteiger partial charge is 0.497 e. The Morgan fingerprint density at radius 1 is 0.949 bits per heavy atom. The molecule has 1 unspecified atom stereocenters. The number of nitrogens with zero attached hydrogens (tertiary/aromatic N) is 2. The molecule has 0 aromatic heterocycles. The van der Waals surface area contributed by atoms with Gasteiger partial charge in [-0.25, -0.2) is 8.42 Å². The predicted octanol–water partition coefficient (Wildman–Crippen LogP) is 4.53. The van der Waals surface area contributed by atoms with E-state index in [1.165, 1.54) is 24.1 Å². The van der Waals surface area contributed by atoms with Gasteiger partial charge >= 0.3 is 0 Å². The van der Waals surface area contributed by atoms with E-state index in [1.807, 2.05) is 44.2 Å². The molecule has 0 aliphatic heterocycles. The second kappa shape index (κ2) is 13.8. The number of nitrogens with one attached hydrogen (secondary N) is 1. The van der Waals surface area contributed by atoms with Crippen LogP contribution in [-0.2, 0) is 26.2 Å². The number of ether oxygens (including phenoxy) is 1. The van der Waals surface area contributed by atoms with Crippen LogP contribution in [0.1, 0.15) is 37.8 Å². The number of methoxy groups -OCH3 is 1. The number of carbonyl (C=O) groups is 2. The van der Waals surface area contributed by atoms with Crippen molar-refractivity contribution in [2.24, 2.45) is 0 Å². The minimum absolute atomic E-state index is 0.0664. The first kappa shape index (κ1) is 29.7. The lowest BCUT2D eigenvalue weighted by atomic mass is 10.1. The molecule has 0 aliphatic rings. The van der Waals surface area contributed by atoms with Gasteiger partial charge in [0.1, 0.15) is 18.3 Å². The van der Waals surface area contributed by atoms with E-state index in [4.69, 9.17) is 4.74 Å². The molecule has 0 radical (unpaired) electrons. The van der Waals surface area contributed by atoms with Crippen molar-refractivity contribution in [3.8, 4) is 5.75 Å². The monoisotopic (exact) mass is 551 g/mol. The number of sulfonamides is 1. The van der Waals surface area contributed by atoms with Gasteiger partial charge < -0.3 is 15.0 Å². The molecule has 3 aromatic carbocycles. The van der Waals surface area contributed by atoms with Crippen molar-refractivity contribution >= 4 is 27.5 Å². The lowest BCUT2D eigenvalue weighted by Crippen LogP contribution is -2.51. The normalized spacial score (nSPS) is 11.9. The van der Waals surface area contributed by atoms with E-state index in [-0.39, 0.29) is 17.3 Å². The van der Waals surface area contributed by atoms with Gasteiger partial charge in [0.2, 0.25) is 11.8 Å². The van der Waals surface area contributed by atoms with E-state index < -0.39 is 28.5 Å². The first-order valence-electron chi connectivity index (χ1n) is 13.0. The molecule has 0 heterocycles. The number of carbonyl (C=O) groups excluding carboxylic acids is 2. The van der Waals surface area contributed by atoms with Crippen LogP contribution in [0.4, 0.5) is 5.69 Å². The summed E-state index contributed by atoms with van der Waals surface area (Å²) in [6.07, 6.45) is 1.75. The van der Waals surface area contributed by atoms with Gasteiger partial charge in [-0.05, 0) is 62.2 Å². The molecule has 0 saturated heterocycles. The highest BCUT2D eigenvalue weighted by Gasteiger charge is 2.32. The summed E-state index contributed by atoms with van der Waals surface area (Å²) >= 11 is 0. The molecule has 0 spiro atoms. The second-order valence-corrected chi connectivity index (χ2v) is 11.2. The maximum absolute atomic E-state index is 13.9. The Morgan fingerprint density at radius 3 is 2.18 bits per heavy atom. The van der Waals surface area contributed by atoms with Crippen molar-refractivity contribution in [3.63, 3.8) is 0 Å². The predicted molar refractivity (Wildman–Crippen MR) is 153 cm³/mol. The van der Waals surface area contributed by atoms with E-state index in [0.29, 0.717) is 18.0 Å². The van der Waals surface area contributed by atoms with E-state index in [2.05, 4.69) is 5.32 Å². The number of hydrogen-bond donors (Lipinski definition) is 1. The topological polar surface area (TPSA) is 96.0 Å². The van der Waals surface area contributed by atoms with Crippen LogP contribution in [0.25, 0.3) is 0 Å². The molecule has 1 atom stereocenters. The summed E-state index contributed by atoms with van der Waals surface area (Å²) in [5, 5.41) is 2.88. The first-order chi connectivity index (χ1) is 18.7. The van der Waals surface area contributed by atoms with E-state index in [1.54, 1.807) is 43.3 Å². The number of anilines is 1. The number of benzene rings is 3. The molecule has 0 saturated carbocycles. The van der Waals surface area contributed by atoms with Gasteiger partial charge in [0.25, 0.3) is 10.0 Å². The SMILES string of the molecule is CCCCNC(=O)C(C)N(Cc1ccccc1)C(=O)CN(c1ccc(OC)cc1)S(=O)(=O)c1ccc(C)cc1. The minimum Gasteiger partial charge on any atom is -0.497 e. The zero-order valence-corrected chi connectivity index (χ0v) is 23.8. The van der Waals surface area contributed by atoms with Gasteiger partial charge in [0.05, 0.1) is 17.7 Å². The Morgan fingerprint density at radius 2 is 1.59 bits per heavy atom. The smallest absolute Gasteiger partial charge is 0.264 e. The maximum atomic E-state index is 13.9. The molecule has 2 amide bonds. The van der Waals surface area contributed by atoms with Crippen molar-refractivity contribution in [1.29, 1.82) is 0 Å². The summed E-state index contributed by atoms with van der Waals surface area (Å²) < 4.78 is 34.0. The van der Waals surface area contributed by atoms with E-state index in [0.717, 1.165) is 28.3 Å². The summed E-state index contributed by atoms with van der Waals surface area (Å²) in [7, 11) is -2.59. The summed E-state index contributed by atoms with van der Waals surface area (Å²) in [6, 6.07) is 21.5. The van der Waals surface area contributed by atoms with Crippen LogP contribution in [0.2, 0.25) is 0 Å². The summed E-state index contributed by atoms with van der Waals surface area (Å²) in [5.41, 5.74) is 2.05. The zero-order chi connectivity index (χ0) is 28.4. The molecular weight excluding hydrogens is 514 g/mol. The zero-order valence-electron chi connectivity index (χ0n) is 23.0. The second-order valence-electron chi connectivity index (χ2n) is 9.35. The summed E-state index contributed by atoms with van der Waals surface area (Å²) in [6.45, 7) is 5.74. The van der Waals surface area contributed by atoms with E-state index >= 15 is 0 Å². The Bertz CT molecular complexity index is 1330. The van der Waals surface area contributed by atoms with Crippen LogP contribution in [0, 0.1) is 6.92 Å². The Hall–Kier alpha value is -3.85. The molecule has 3 rings (SSSR count). The number of hydrogen-bond acceptors (Lipinski definition) is 5. The summed E-state index contributed by atoms with van der Waals surface area (Å²) in [5.74, 6) is -0.227. The first-order valence-corrected chi connectivity index (χ1v) is 14.5. The fourth-order valence-electron chi connectivity index (χ4n) is 4.01. The van der Waals surface area contributed by atoms with Crippen molar-refractivity contribution in [3.05, 3.63) is 90.0 Å². The fourth-order valence-corrected chi connectivity index (χ4v) is 5.43. The Labute approximate surface area is 231 Å². The van der Waals surface area contributed by atoms with Gasteiger partial charge in [0.15, 0.2) is 0 Å². The highest BCUT2D eigenvalue weighted by Crippen LogP contribution is 2.26. The number of unbranched alkanes of at least 4 members (excludes halogenated alkanes) is 1. The van der Waals surface area contributed by atoms with Crippen molar-refractivity contribution in [1.82, 2.24) is 10.2 Å². The van der Waals surface area contributed by atoms with Crippen molar-refractivity contribution in [2.45, 2.75) is 51.1 Å². The quantitative estimate of drug-likeness (QED) is 0.315. The molecule has 208 valence electrons. The molecule has 8 nitrogen and oxygen atoms in total. The molecular formula is C30H37N3O5S. The number of amides is 2. The van der Waals surface area contributed by atoms with Gasteiger partial charge in [-0.15, -0.1) is 0 Å². The van der Waals surface area contributed by atoms with Gasteiger partial charge in [-0.1, -0.05) is 61.4 Å². The average Bonchev–Trinajstić information content (AvgIpc) is 2.95. The molecule has 1 N–H and O–H groups in total. The molecule has 3 aromatic rings. The van der Waals surface area contributed by atoms with Gasteiger partial charge in [-0.3, -0.25) is 13.9 Å². The lowest BCUT2D eigenvalue weighted by Gasteiger charge is -2.32. The third-order valence-corrected chi connectivity index (χ3v) is 8.23. The van der Waals surface area contributed by atoms with E-state index in [9.17, 15) is 18.0 Å². The summed E-state index contributed by atoms with van der Waals surface area (Å²) in [4.78, 5) is 28.4. The maximum Gasteiger partial charge on any atom is 0.264 e.